The normalized spacial score (nSPS) is 20.3. The van der Waals surface area contributed by atoms with Crippen molar-refractivity contribution in [3.63, 3.8) is 0 Å². The maximum absolute atomic E-state index is 13.5. The number of nitrogens with zero attached hydrogens (tertiary/aromatic N) is 4. The summed E-state index contributed by atoms with van der Waals surface area (Å²) in [4.78, 5) is 13.1. The molecule has 9 heteroatoms. The first-order valence-electron chi connectivity index (χ1n) is 10.9. The molecule has 0 atom stereocenters. The predicted molar refractivity (Wildman–Crippen MR) is 117 cm³/mol. The Morgan fingerprint density at radius 1 is 1.26 bits per heavy atom. The van der Waals surface area contributed by atoms with E-state index in [0.29, 0.717) is 5.58 Å². The molecule has 0 bridgehead atoms. The van der Waals surface area contributed by atoms with E-state index >= 15 is 0 Å². The van der Waals surface area contributed by atoms with Crippen LogP contribution in [-0.2, 0) is 6.42 Å². The van der Waals surface area contributed by atoms with E-state index in [4.69, 9.17) is 14.5 Å². The third-order valence-corrected chi connectivity index (χ3v) is 7.80. The van der Waals surface area contributed by atoms with Gasteiger partial charge in [0.1, 0.15) is 11.6 Å². The second-order valence-corrected chi connectivity index (χ2v) is 9.88. The number of piperidine rings is 1. The molecule has 2 N–H and O–H groups in total. The first kappa shape index (κ1) is 19.3. The molecule has 31 heavy (non-hydrogen) atoms. The average Bonchev–Trinajstić information content (AvgIpc) is 3.19. The third-order valence-electron chi connectivity index (χ3n) is 6.68. The molecule has 3 aliphatic rings. The van der Waals surface area contributed by atoms with Crippen LogP contribution < -0.4 is 10.2 Å². The van der Waals surface area contributed by atoms with Gasteiger partial charge in [-0.2, -0.15) is 4.98 Å². The van der Waals surface area contributed by atoms with Crippen LogP contribution in [0.1, 0.15) is 43.0 Å². The lowest BCUT2D eigenvalue weighted by Gasteiger charge is -2.32. The van der Waals surface area contributed by atoms with E-state index < -0.39 is 0 Å². The number of aromatic nitrogens is 3. The first-order chi connectivity index (χ1) is 15.1. The van der Waals surface area contributed by atoms with Gasteiger partial charge in [-0.3, -0.25) is 0 Å². The van der Waals surface area contributed by atoms with Crippen LogP contribution in [0.3, 0.4) is 0 Å². The smallest absolute Gasteiger partial charge is 0.227 e. The topological polar surface area (TPSA) is 87.3 Å². The molecule has 2 aliphatic heterocycles. The highest BCUT2D eigenvalue weighted by Gasteiger charge is 2.43. The van der Waals surface area contributed by atoms with Gasteiger partial charge in [0.25, 0.3) is 0 Å². The molecule has 0 spiro atoms. The highest BCUT2D eigenvalue weighted by molar-refractivity contribution is 7.99. The summed E-state index contributed by atoms with van der Waals surface area (Å²) >= 11 is 1.80. The number of hydrogen-bond donors (Lipinski definition) is 2. The Balaban J connectivity index is 1.22. The average molecular weight is 442 g/mol. The van der Waals surface area contributed by atoms with Crippen molar-refractivity contribution in [3.05, 3.63) is 35.4 Å². The number of hydrogen-bond acceptors (Lipinski definition) is 8. The van der Waals surface area contributed by atoms with E-state index in [1.165, 1.54) is 12.1 Å². The van der Waals surface area contributed by atoms with Gasteiger partial charge in [0.2, 0.25) is 5.95 Å². The van der Waals surface area contributed by atoms with Crippen molar-refractivity contribution in [3.8, 4) is 0 Å². The van der Waals surface area contributed by atoms with Crippen LogP contribution in [0.5, 0.6) is 0 Å². The molecular formula is C22H24FN5O2S. The summed E-state index contributed by atoms with van der Waals surface area (Å²) in [6, 6.07) is 4.62. The molecule has 7 nitrogen and oxygen atoms in total. The minimum absolute atomic E-state index is 0.132. The van der Waals surface area contributed by atoms with Gasteiger partial charge in [-0.15, -0.1) is 11.8 Å². The fourth-order valence-electron chi connectivity index (χ4n) is 4.58. The number of aliphatic hydroxyl groups excluding tert-OH is 1. The van der Waals surface area contributed by atoms with E-state index in [2.05, 4.69) is 15.4 Å². The molecule has 2 fully saturated rings. The highest BCUT2D eigenvalue weighted by atomic mass is 32.2. The molecule has 0 radical (unpaired) electrons. The van der Waals surface area contributed by atoms with Crippen LogP contribution in [0, 0.1) is 5.82 Å². The van der Waals surface area contributed by atoms with Crippen molar-refractivity contribution in [1.29, 1.82) is 0 Å². The second kappa shape index (κ2) is 7.34. The van der Waals surface area contributed by atoms with E-state index in [0.717, 1.165) is 84.4 Å². The van der Waals surface area contributed by atoms with Gasteiger partial charge < -0.3 is 19.8 Å². The van der Waals surface area contributed by atoms with Gasteiger partial charge >= 0.3 is 0 Å². The van der Waals surface area contributed by atoms with Crippen LogP contribution in [0.25, 0.3) is 11.0 Å². The summed E-state index contributed by atoms with van der Waals surface area (Å²) in [6.45, 7) is 1.79. The predicted octanol–water partition coefficient (Wildman–Crippen LogP) is 3.73. The zero-order valence-corrected chi connectivity index (χ0v) is 17.9. The zero-order chi connectivity index (χ0) is 21.0. The Morgan fingerprint density at radius 3 is 2.87 bits per heavy atom. The SMILES string of the molecule is OCC1(Nc2nc(N3CCC(c4noc5cc(F)ccc45)CC3)nc3c2SCC3)CC1. The van der Waals surface area contributed by atoms with Gasteiger partial charge in [0.15, 0.2) is 5.58 Å². The Labute approximate surface area is 183 Å². The molecule has 2 aromatic heterocycles. The lowest BCUT2D eigenvalue weighted by Crippen LogP contribution is -2.35. The van der Waals surface area contributed by atoms with Crippen molar-refractivity contribution in [1.82, 2.24) is 15.1 Å². The number of rotatable bonds is 5. The molecule has 0 unspecified atom stereocenters. The van der Waals surface area contributed by atoms with E-state index in [1.54, 1.807) is 17.8 Å². The Hall–Kier alpha value is -2.39. The highest BCUT2D eigenvalue weighted by Crippen LogP contribution is 2.43. The second-order valence-electron chi connectivity index (χ2n) is 8.78. The van der Waals surface area contributed by atoms with Gasteiger partial charge in [-0.25, -0.2) is 9.37 Å². The summed E-state index contributed by atoms with van der Waals surface area (Å²) in [7, 11) is 0. The fourth-order valence-corrected chi connectivity index (χ4v) is 5.63. The first-order valence-corrected chi connectivity index (χ1v) is 11.9. The number of anilines is 2. The number of fused-ring (bicyclic) bond motifs is 2. The lowest BCUT2D eigenvalue weighted by atomic mass is 9.92. The van der Waals surface area contributed by atoms with Crippen molar-refractivity contribution in [2.45, 2.75) is 48.5 Å². The summed E-state index contributed by atoms with van der Waals surface area (Å²) in [5.41, 5.74) is 2.33. The van der Waals surface area contributed by atoms with Gasteiger partial charge in [0, 0.05) is 42.6 Å². The zero-order valence-electron chi connectivity index (χ0n) is 17.1. The van der Waals surface area contributed by atoms with Crippen LogP contribution >= 0.6 is 11.8 Å². The molecule has 4 heterocycles. The lowest BCUT2D eigenvalue weighted by molar-refractivity contribution is 0.265. The molecule has 3 aromatic rings. The summed E-state index contributed by atoms with van der Waals surface area (Å²) in [6.07, 6.45) is 4.73. The van der Waals surface area contributed by atoms with Gasteiger partial charge in [-0.1, -0.05) is 5.16 Å². The van der Waals surface area contributed by atoms with Crippen molar-refractivity contribution in [2.24, 2.45) is 0 Å². The van der Waals surface area contributed by atoms with E-state index in [9.17, 15) is 9.50 Å². The number of benzene rings is 1. The molecule has 6 rings (SSSR count). The Kier molecular flexibility index (Phi) is 4.57. The maximum atomic E-state index is 13.5. The molecule has 162 valence electrons. The van der Waals surface area contributed by atoms with Crippen LogP contribution in [-0.4, -0.2) is 51.2 Å². The number of thioether (sulfide) groups is 1. The molecular weight excluding hydrogens is 417 g/mol. The van der Waals surface area contributed by atoms with Crippen LogP contribution in [0.15, 0.2) is 27.6 Å². The monoisotopic (exact) mass is 441 g/mol. The molecule has 1 aromatic carbocycles. The molecule has 1 saturated carbocycles. The van der Waals surface area contributed by atoms with Gasteiger partial charge in [0.05, 0.1) is 28.4 Å². The standard InChI is InChI=1S/C22H24FN5O2S/c23-14-1-2-15-17(11-14)30-27-18(15)13-3-8-28(9-4-13)21-24-16-5-10-31-19(16)20(25-21)26-22(12-29)6-7-22/h1-2,11,13,29H,3-10,12H2,(H,24,25,26). The van der Waals surface area contributed by atoms with E-state index in [-0.39, 0.29) is 23.9 Å². The minimum atomic E-state index is -0.310. The summed E-state index contributed by atoms with van der Waals surface area (Å²) < 4.78 is 18.8. The summed E-state index contributed by atoms with van der Waals surface area (Å²) in [5, 5.41) is 18.4. The van der Waals surface area contributed by atoms with Crippen LogP contribution in [0.4, 0.5) is 16.2 Å². The fraction of sp³-hybridized carbons (Fsp3) is 0.500. The molecule has 1 saturated heterocycles. The number of halogens is 1. The number of aliphatic hydroxyl groups is 1. The van der Waals surface area contributed by atoms with Crippen molar-refractivity contribution >= 4 is 34.5 Å². The largest absolute Gasteiger partial charge is 0.394 e. The third kappa shape index (κ3) is 3.43. The van der Waals surface area contributed by atoms with Crippen LogP contribution in [0.2, 0.25) is 0 Å². The molecule has 1 aliphatic carbocycles. The quantitative estimate of drug-likeness (QED) is 0.619. The summed E-state index contributed by atoms with van der Waals surface area (Å²) in [5.74, 6) is 2.63. The Morgan fingerprint density at radius 2 is 2.10 bits per heavy atom. The number of nitrogens with one attached hydrogen (secondary N) is 1. The van der Waals surface area contributed by atoms with Crippen molar-refractivity contribution in [2.75, 3.05) is 35.7 Å². The number of aryl methyl sites for hydroxylation is 1. The molecule has 0 amide bonds. The Bertz CT molecular complexity index is 1140. The van der Waals surface area contributed by atoms with Gasteiger partial charge in [-0.05, 0) is 37.8 Å². The minimum Gasteiger partial charge on any atom is -0.394 e. The van der Waals surface area contributed by atoms with Crippen molar-refractivity contribution < 1.29 is 14.0 Å². The maximum Gasteiger partial charge on any atom is 0.227 e. The van der Waals surface area contributed by atoms with E-state index in [1.807, 2.05) is 0 Å².